The first kappa shape index (κ1) is 13.7. The van der Waals surface area contributed by atoms with Crippen LogP contribution in [0.2, 0.25) is 0 Å². The first-order valence-corrected chi connectivity index (χ1v) is 6.03. The molecule has 1 aromatic heterocycles. The molecule has 0 aliphatic heterocycles. The summed E-state index contributed by atoms with van der Waals surface area (Å²) in [5.41, 5.74) is 1.13. The summed E-state index contributed by atoms with van der Waals surface area (Å²) < 4.78 is 1.77. The van der Waals surface area contributed by atoms with E-state index in [1.165, 1.54) is 0 Å². The third kappa shape index (κ3) is 6.06. The number of aromatic nitrogens is 2. The van der Waals surface area contributed by atoms with Crippen molar-refractivity contribution in [2.75, 3.05) is 13.1 Å². The number of nitrogens with zero attached hydrogens (tertiary/aromatic N) is 2. The van der Waals surface area contributed by atoms with Crippen molar-refractivity contribution in [1.82, 2.24) is 20.4 Å². The maximum absolute atomic E-state index is 11.4. The van der Waals surface area contributed by atoms with Crippen molar-refractivity contribution in [2.24, 2.45) is 13.0 Å². The van der Waals surface area contributed by atoms with E-state index >= 15 is 0 Å². The van der Waals surface area contributed by atoms with E-state index in [4.69, 9.17) is 0 Å². The van der Waals surface area contributed by atoms with Crippen LogP contribution in [0.15, 0.2) is 12.4 Å². The second-order valence-electron chi connectivity index (χ2n) is 4.65. The Balaban J connectivity index is 2.06. The predicted molar refractivity (Wildman–Crippen MR) is 67.4 cm³/mol. The lowest BCUT2D eigenvalue weighted by Gasteiger charge is -2.07. The Bertz CT molecular complexity index is 346. The number of hydrogen-bond donors (Lipinski definition) is 2. The quantitative estimate of drug-likeness (QED) is 0.687. The average molecular weight is 238 g/mol. The minimum atomic E-state index is 0.109. The van der Waals surface area contributed by atoms with Gasteiger partial charge in [0.05, 0.1) is 6.20 Å². The Morgan fingerprint density at radius 2 is 2.29 bits per heavy atom. The molecule has 1 heterocycles. The number of rotatable bonds is 7. The van der Waals surface area contributed by atoms with E-state index in [-0.39, 0.29) is 5.91 Å². The summed E-state index contributed by atoms with van der Waals surface area (Å²) >= 11 is 0. The molecule has 0 spiro atoms. The fraction of sp³-hybridized carbons (Fsp3) is 0.667. The molecule has 0 aliphatic carbocycles. The highest BCUT2D eigenvalue weighted by Crippen LogP contribution is 1.94. The zero-order chi connectivity index (χ0) is 12.7. The van der Waals surface area contributed by atoms with Gasteiger partial charge in [0.15, 0.2) is 0 Å². The van der Waals surface area contributed by atoms with E-state index < -0.39 is 0 Å². The lowest BCUT2D eigenvalue weighted by molar-refractivity contribution is -0.121. The molecule has 5 nitrogen and oxygen atoms in total. The van der Waals surface area contributed by atoms with E-state index in [2.05, 4.69) is 29.6 Å². The van der Waals surface area contributed by atoms with Gasteiger partial charge >= 0.3 is 0 Å². The van der Waals surface area contributed by atoms with Gasteiger partial charge in [0, 0.05) is 44.9 Å². The molecule has 0 saturated carbocycles. The molecule has 0 aliphatic rings. The maximum Gasteiger partial charge on any atom is 0.221 e. The molecule has 0 bridgehead atoms. The van der Waals surface area contributed by atoms with Crippen molar-refractivity contribution in [2.45, 2.75) is 26.8 Å². The molecular weight excluding hydrogens is 216 g/mol. The first-order valence-electron chi connectivity index (χ1n) is 6.03. The van der Waals surface area contributed by atoms with Crippen LogP contribution < -0.4 is 10.6 Å². The second kappa shape index (κ2) is 7.06. The molecule has 0 saturated heterocycles. The number of hydrogen-bond acceptors (Lipinski definition) is 3. The summed E-state index contributed by atoms with van der Waals surface area (Å²) in [6.45, 7) is 6.37. The zero-order valence-corrected chi connectivity index (χ0v) is 10.9. The van der Waals surface area contributed by atoms with Gasteiger partial charge in [-0.1, -0.05) is 13.8 Å². The molecular formula is C12H22N4O. The van der Waals surface area contributed by atoms with Gasteiger partial charge in [0.1, 0.15) is 0 Å². The molecule has 0 radical (unpaired) electrons. The lowest BCUT2D eigenvalue weighted by atomic mass is 10.2. The topological polar surface area (TPSA) is 59.0 Å². The Morgan fingerprint density at radius 1 is 1.53 bits per heavy atom. The number of carbonyl (C=O) groups excluding carboxylic acids is 1. The fourth-order valence-electron chi connectivity index (χ4n) is 1.40. The van der Waals surface area contributed by atoms with Gasteiger partial charge in [0.25, 0.3) is 0 Å². The Kier molecular flexibility index (Phi) is 5.69. The van der Waals surface area contributed by atoms with Gasteiger partial charge in [-0.15, -0.1) is 0 Å². The van der Waals surface area contributed by atoms with Crippen LogP contribution in [-0.4, -0.2) is 28.8 Å². The van der Waals surface area contributed by atoms with Crippen LogP contribution in [0.4, 0.5) is 0 Å². The van der Waals surface area contributed by atoms with E-state index in [0.717, 1.165) is 18.7 Å². The standard InChI is InChI=1S/C12H22N4O/c1-10(2)6-14-12(17)4-5-13-7-11-8-15-16(3)9-11/h8-10,13H,4-7H2,1-3H3,(H,14,17). The molecule has 2 N–H and O–H groups in total. The van der Waals surface area contributed by atoms with Crippen LogP contribution in [0.25, 0.3) is 0 Å². The van der Waals surface area contributed by atoms with Crippen LogP contribution in [0.3, 0.4) is 0 Å². The van der Waals surface area contributed by atoms with Crippen LogP contribution in [-0.2, 0) is 18.4 Å². The third-order valence-corrected chi connectivity index (χ3v) is 2.32. The normalized spacial score (nSPS) is 10.8. The van der Waals surface area contributed by atoms with E-state index in [1.807, 2.05) is 19.4 Å². The Labute approximate surface area is 103 Å². The monoisotopic (exact) mass is 238 g/mol. The molecule has 0 atom stereocenters. The van der Waals surface area contributed by atoms with Gasteiger partial charge < -0.3 is 10.6 Å². The lowest BCUT2D eigenvalue weighted by Crippen LogP contribution is -2.30. The highest BCUT2D eigenvalue weighted by atomic mass is 16.1. The Hall–Kier alpha value is -1.36. The van der Waals surface area contributed by atoms with Gasteiger partial charge in [-0.25, -0.2) is 0 Å². The molecule has 0 fully saturated rings. The molecule has 17 heavy (non-hydrogen) atoms. The van der Waals surface area contributed by atoms with Crippen molar-refractivity contribution in [1.29, 1.82) is 0 Å². The van der Waals surface area contributed by atoms with Crippen molar-refractivity contribution in [3.63, 3.8) is 0 Å². The molecule has 1 rings (SSSR count). The number of aryl methyl sites for hydroxylation is 1. The van der Waals surface area contributed by atoms with Gasteiger partial charge in [0.2, 0.25) is 5.91 Å². The Morgan fingerprint density at radius 3 is 2.88 bits per heavy atom. The van der Waals surface area contributed by atoms with Gasteiger partial charge in [-0.2, -0.15) is 5.10 Å². The largest absolute Gasteiger partial charge is 0.356 e. The third-order valence-electron chi connectivity index (χ3n) is 2.32. The minimum Gasteiger partial charge on any atom is -0.356 e. The smallest absolute Gasteiger partial charge is 0.221 e. The molecule has 0 aromatic carbocycles. The predicted octanol–water partition coefficient (Wildman–Crippen LogP) is 0.672. The second-order valence-corrected chi connectivity index (χ2v) is 4.65. The van der Waals surface area contributed by atoms with Crippen molar-refractivity contribution in [3.05, 3.63) is 18.0 Å². The van der Waals surface area contributed by atoms with Gasteiger partial charge in [-0.3, -0.25) is 9.48 Å². The zero-order valence-electron chi connectivity index (χ0n) is 10.9. The van der Waals surface area contributed by atoms with Crippen molar-refractivity contribution in [3.8, 4) is 0 Å². The fourth-order valence-corrected chi connectivity index (χ4v) is 1.40. The van der Waals surface area contributed by atoms with Crippen LogP contribution >= 0.6 is 0 Å². The van der Waals surface area contributed by atoms with Crippen LogP contribution in [0, 0.1) is 5.92 Å². The highest BCUT2D eigenvalue weighted by Gasteiger charge is 2.02. The summed E-state index contributed by atoms with van der Waals surface area (Å²) in [4.78, 5) is 11.4. The number of nitrogens with one attached hydrogen (secondary N) is 2. The summed E-state index contributed by atoms with van der Waals surface area (Å²) in [5, 5.41) is 10.2. The molecule has 0 unspecified atom stereocenters. The summed E-state index contributed by atoms with van der Waals surface area (Å²) in [6, 6.07) is 0. The number of amides is 1. The van der Waals surface area contributed by atoms with Crippen molar-refractivity contribution >= 4 is 5.91 Å². The molecule has 1 amide bonds. The van der Waals surface area contributed by atoms with E-state index in [0.29, 0.717) is 18.9 Å². The highest BCUT2D eigenvalue weighted by molar-refractivity contribution is 5.76. The SMILES string of the molecule is CC(C)CNC(=O)CCNCc1cnn(C)c1. The van der Waals surface area contributed by atoms with Crippen LogP contribution in [0.1, 0.15) is 25.8 Å². The van der Waals surface area contributed by atoms with Crippen LogP contribution in [0.5, 0.6) is 0 Å². The number of carbonyl (C=O) groups is 1. The maximum atomic E-state index is 11.4. The average Bonchev–Trinajstić information content (AvgIpc) is 2.68. The summed E-state index contributed by atoms with van der Waals surface area (Å²) in [7, 11) is 1.89. The summed E-state index contributed by atoms with van der Waals surface area (Å²) in [5.74, 6) is 0.611. The minimum absolute atomic E-state index is 0.109. The molecule has 5 heteroatoms. The molecule has 1 aromatic rings. The molecule has 96 valence electrons. The van der Waals surface area contributed by atoms with E-state index in [1.54, 1.807) is 4.68 Å². The van der Waals surface area contributed by atoms with Crippen molar-refractivity contribution < 1.29 is 4.79 Å². The van der Waals surface area contributed by atoms with E-state index in [9.17, 15) is 4.79 Å². The first-order chi connectivity index (χ1) is 8.08. The van der Waals surface area contributed by atoms with Gasteiger partial charge in [-0.05, 0) is 5.92 Å². The summed E-state index contributed by atoms with van der Waals surface area (Å²) in [6.07, 6.45) is 4.31.